The smallest absolute Gasteiger partial charge is 0.406 e. The van der Waals surface area contributed by atoms with Gasteiger partial charge in [-0.25, -0.2) is 0 Å². The van der Waals surface area contributed by atoms with Crippen LogP contribution in [0.25, 0.3) is 0 Å². The van der Waals surface area contributed by atoms with Gasteiger partial charge in [0.05, 0.1) is 1.43 Å². The average Bonchev–Trinajstić information content (AvgIpc) is 2.83. The maximum atomic E-state index is 5.58. The summed E-state index contributed by atoms with van der Waals surface area (Å²) in [7, 11) is 1.69. The molecule has 0 aromatic heterocycles. The Labute approximate surface area is 184 Å². The van der Waals surface area contributed by atoms with Crippen LogP contribution in [0.3, 0.4) is 0 Å². The first-order valence-electron chi connectivity index (χ1n) is 4.61. The van der Waals surface area contributed by atoms with Crippen molar-refractivity contribution in [1.29, 1.82) is 0 Å². The highest BCUT2D eigenvalue weighted by molar-refractivity contribution is 14.2. The van der Waals surface area contributed by atoms with Gasteiger partial charge in [-0.1, -0.05) is 67.8 Å². The molecular formula is C5H5B3I6O3. The molecule has 12 heteroatoms. The van der Waals surface area contributed by atoms with Gasteiger partial charge in [0.1, 0.15) is 0 Å². The van der Waals surface area contributed by atoms with Crippen molar-refractivity contribution >= 4 is 158 Å². The van der Waals surface area contributed by atoms with E-state index in [1.807, 2.05) is 0 Å². The summed E-state index contributed by atoms with van der Waals surface area (Å²) in [5, 5.41) is 0. The van der Waals surface area contributed by atoms with Crippen LogP contribution in [0.15, 0.2) is 0 Å². The molecule has 17 heavy (non-hydrogen) atoms. The standard InChI is InChI=1S/C5H5B3I6O3/c9-2(1-3(2,10)11)6-16-8-17-7-4(12)5(13,14)15-4/h6-8H,1H2. The van der Waals surface area contributed by atoms with Crippen LogP contribution < -0.4 is 0 Å². The van der Waals surface area contributed by atoms with Crippen molar-refractivity contribution in [3.63, 3.8) is 0 Å². The van der Waals surface area contributed by atoms with Crippen LogP contribution in [0.2, 0.25) is 0 Å². The molecule has 2 unspecified atom stereocenters. The van der Waals surface area contributed by atoms with E-state index in [1.165, 1.54) is 6.42 Å². The van der Waals surface area contributed by atoms with Crippen molar-refractivity contribution in [3.05, 3.63) is 0 Å². The first-order valence-corrected chi connectivity index (χ1v) is 11.1. The molecule has 94 valence electrons. The number of halogens is 6. The topological polar surface area (TPSA) is 31.0 Å². The lowest BCUT2D eigenvalue weighted by Gasteiger charge is -2.10. The molecule has 1 saturated heterocycles. The fourth-order valence-corrected chi connectivity index (χ4v) is 7.51. The third kappa shape index (κ3) is 4.26. The molecule has 1 heterocycles. The van der Waals surface area contributed by atoms with Crippen LogP contribution >= 0.6 is 136 Å². The molecule has 0 radical (unpaired) electrons. The zero-order chi connectivity index (χ0) is 12.9. The normalized spacial score (nSPS) is 40.6. The van der Waals surface area contributed by atoms with E-state index >= 15 is 0 Å². The molecule has 0 bridgehead atoms. The fourth-order valence-electron chi connectivity index (χ4n) is 1.19. The average molecular weight is 907 g/mol. The van der Waals surface area contributed by atoms with E-state index < -0.39 is 0 Å². The third-order valence-electron chi connectivity index (χ3n) is 2.50. The van der Waals surface area contributed by atoms with Crippen LogP contribution in [0.4, 0.5) is 0 Å². The first-order chi connectivity index (χ1) is 7.62. The maximum Gasteiger partial charge on any atom is 0.406 e. The molecule has 1 saturated carbocycles. The van der Waals surface area contributed by atoms with Crippen molar-refractivity contribution in [2.24, 2.45) is 0 Å². The number of hydrogen-bond acceptors (Lipinski definition) is 3. The minimum atomic E-state index is -0.187. The first kappa shape index (κ1) is 17.8. The Morgan fingerprint density at radius 2 is 1.41 bits per heavy atom. The largest absolute Gasteiger partial charge is 0.480 e. The van der Waals surface area contributed by atoms with Crippen LogP contribution in [0.5, 0.6) is 0 Å². The highest BCUT2D eigenvalue weighted by atomic mass is 127. The number of alkyl halides is 6. The second-order valence-corrected chi connectivity index (χ2v) is 18.7. The van der Waals surface area contributed by atoms with E-state index in [0.717, 1.165) is 7.48 Å². The van der Waals surface area contributed by atoms with Crippen LogP contribution in [0, 0.1) is 0 Å². The van der Waals surface area contributed by atoms with Gasteiger partial charge < -0.3 is 13.9 Å². The van der Waals surface area contributed by atoms with E-state index in [-0.39, 0.29) is 8.44 Å². The fraction of sp³-hybridized carbons (Fsp3) is 1.00. The SMILES string of the molecule is IC1(I)CC1(I)BOBOBC1(I)OC1(I)I. The van der Waals surface area contributed by atoms with E-state index in [4.69, 9.17) is 13.9 Å². The lowest BCUT2D eigenvalue weighted by molar-refractivity contribution is 0.414. The molecule has 0 aromatic carbocycles. The van der Waals surface area contributed by atoms with Crippen molar-refractivity contribution < 1.29 is 13.9 Å². The van der Waals surface area contributed by atoms with Crippen LogP contribution in [-0.4, -0.2) is 32.5 Å². The number of rotatable bonds is 6. The van der Waals surface area contributed by atoms with Crippen LogP contribution in [-0.2, 0) is 13.9 Å². The summed E-state index contributed by atoms with van der Waals surface area (Å²) in [6.07, 6.45) is 1.20. The van der Waals surface area contributed by atoms with Crippen LogP contribution in [0.1, 0.15) is 6.42 Å². The van der Waals surface area contributed by atoms with E-state index in [0.29, 0.717) is 16.6 Å². The number of ether oxygens (including phenoxy) is 1. The van der Waals surface area contributed by atoms with Crippen molar-refractivity contribution in [2.45, 2.75) is 16.3 Å². The molecule has 1 aliphatic carbocycles. The second-order valence-electron chi connectivity index (χ2n) is 4.01. The quantitative estimate of drug-likeness (QED) is 0.135. The van der Waals surface area contributed by atoms with Gasteiger partial charge in [0.2, 0.25) is 1.61 Å². The Hall–Kier alpha value is 4.45. The molecule has 0 amide bonds. The lowest BCUT2D eigenvalue weighted by atomic mass is 9.89. The predicted octanol–water partition coefficient (Wildman–Crippen LogP) is 2.73. The molecule has 0 N–H and O–H groups in total. The molecule has 2 rings (SSSR count). The molecule has 0 spiro atoms. The summed E-state index contributed by atoms with van der Waals surface area (Å²) >= 11 is 14.3. The Balaban J connectivity index is 1.57. The van der Waals surface area contributed by atoms with Gasteiger partial charge in [0.25, 0.3) is 7.48 Å². The molecule has 1 aliphatic heterocycles. The Bertz CT molecular complexity index is 302. The highest BCUT2D eigenvalue weighted by Gasteiger charge is 2.67. The molecular weight excluding hydrogens is 902 g/mol. The summed E-state index contributed by atoms with van der Waals surface area (Å²) in [5.41, 5.74) is 0. The Morgan fingerprint density at radius 1 is 0.941 bits per heavy atom. The number of epoxide rings is 1. The van der Waals surface area contributed by atoms with E-state index in [9.17, 15) is 0 Å². The summed E-state index contributed by atoms with van der Waals surface area (Å²) in [6.45, 7) is 0. The van der Waals surface area contributed by atoms with Crippen molar-refractivity contribution in [2.75, 3.05) is 0 Å². The Kier molecular flexibility index (Phi) is 6.45. The zero-order valence-corrected chi connectivity index (χ0v) is 21.3. The van der Waals surface area contributed by atoms with Gasteiger partial charge in [-0.3, -0.25) is 0 Å². The monoisotopic (exact) mass is 907 g/mol. The van der Waals surface area contributed by atoms with Gasteiger partial charge >= 0.3 is 15.2 Å². The van der Waals surface area contributed by atoms with Gasteiger partial charge in [0.15, 0.2) is 3.51 Å². The zero-order valence-electron chi connectivity index (χ0n) is 8.32. The van der Waals surface area contributed by atoms with Gasteiger partial charge in [-0.2, -0.15) is 0 Å². The lowest BCUT2D eigenvalue weighted by Crippen LogP contribution is -2.27. The molecule has 2 atom stereocenters. The van der Waals surface area contributed by atoms with Crippen molar-refractivity contribution in [1.82, 2.24) is 0 Å². The van der Waals surface area contributed by atoms with E-state index in [1.54, 1.807) is 0 Å². The molecule has 0 aromatic rings. The molecule has 2 aliphatic rings. The van der Waals surface area contributed by atoms with Gasteiger partial charge in [0, 0.05) is 3.32 Å². The highest BCUT2D eigenvalue weighted by Crippen LogP contribution is 2.65. The summed E-state index contributed by atoms with van der Waals surface area (Å²) in [6, 6.07) is 0. The third-order valence-corrected chi connectivity index (χ3v) is 14.5. The second kappa shape index (κ2) is 6.16. The predicted molar refractivity (Wildman–Crippen MR) is 124 cm³/mol. The van der Waals surface area contributed by atoms with E-state index in [2.05, 4.69) is 136 Å². The summed E-state index contributed by atoms with van der Waals surface area (Å²) in [5.74, 6) is 0. The minimum absolute atomic E-state index is 0.121. The Morgan fingerprint density at radius 3 is 1.82 bits per heavy atom. The van der Waals surface area contributed by atoms with Gasteiger partial charge in [-0.05, 0) is 74.2 Å². The summed E-state index contributed by atoms with van der Waals surface area (Å²) < 4.78 is 17.0. The molecule has 3 nitrogen and oxygen atoms in total. The maximum absolute atomic E-state index is 5.58. The van der Waals surface area contributed by atoms with Crippen molar-refractivity contribution in [3.8, 4) is 0 Å². The minimum Gasteiger partial charge on any atom is -0.480 e. The summed E-state index contributed by atoms with van der Waals surface area (Å²) in [4.78, 5) is 0. The van der Waals surface area contributed by atoms with Gasteiger partial charge in [-0.15, -0.1) is 0 Å². The number of hydrogen-bond donors (Lipinski definition) is 0. The molecule has 2 fully saturated rings.